The van der Waals surface area contributed by atoms with Gasteiger partial charge >= 0.3 is 0 Å². The van der Waals surface area contributed by atoms with Gasteiger partial charge in [0.15, 0.2) is 0 Å². The highest BCUT2D eigenvalue weighted by atomic mass is 16.2. The monoisotopic (exact) mass is 401 g/mol. The largest absolute Gasteiger partial charge is 0.361 e. The zero-order valence-corrected chi connectivity index (χ0v) is 17.2. The third kappa shape index (κ3) is 3.09. The van der Waals surface area contributed by atoms with Crippen LogP contribution >= 0.6 is 0 Å². The van der Waals surface area contributed by atoms with Crippen LogP contribution in [-0.4, -0.2) is 34.8 Å². The molecule has 0 spiro atoms. The van der Waals surface area contributed by atoms with Gasteiger partial charge in [0.2, 0.25) is 5.91 Å². The van der Waals surface area contributed by atoms with Crippen molar-refractivity contribution in [2.45, 2.75) is 50.1 Å². The third-order valence-electron chi connectivity index (χ3n) is 6.75. The maximum Gasteiger partial charge on any atom is 0.254 e. The van der Waals surface area contributed by atoms with E-state index in [1.165, 1.54) is 6.42 Å². The number of aromatic nitrogens is 1. The fourth-order valence-corrected chi connectivity index (χ4v) is 5.22. The first-order chi connectivity index (χ1) is 14.6. The van der Waals surface area contributed by atoms with Gasteiger partial charge in [0.25, 0.3) is 5.91 Å². The van der Waals surface area contributed by atoms with Crippen molar-refractivity contribution < 1.29 is 9.59 Å². The molecular weight excluding hydrogens is 374 g/mol. The summed E-state index contributed by atoms with van der Waals surface area (Å²) in [6.07, 6.45) is 7.59. The maximum absolute atomic E-state index is 13.7. The van der Waals surface area contributed by atoms with Crippen molar-refractivity contribution >= 4 is 22.7 Å². The average Bonchev–Trinajstić information content (AvgIpc) is 3.20. The Morgan fingerprint density at radius 3 is 2.57 bits per heavy atom. The molecule has 2 aliphatic rings. The smallest absolute Gasteiger partial charge is 0.254 e. The Kier molecular flexibility index (Phi) is 4.81. The molecule has 0 radical (unpaired) electrons. The fourth-order valence-electron chi connectivity index (χ4n) is 5.22. The van der Waals surface area contributed by atoms with Crippen molar-refractivity contribution in [3.8, 4) is 0 Å². The molecule has 5 nitrogen and oxygen atoms in total. The Balaban J connectivity index is 1.61. The van der Waals surface area contributed by atoms with Crippen molar-refractivity contribution in [3.05, 3.63) is 71.4 Å². The van der Waals surface area contributed by atoms with Crippen molar-refractivity contribution in [2.24, 2.45) is 0 Å². The van der Waals surface area contributed by atoms with Crippen LogP contribution in [0.1, 0.15) is 65.5 Å². The summed E-state index contributed by atoms with van der Waals surface area (Å²) in [5.74, 6) is -0.461. The number of carbonyl (C=O) groups excluding carboxylic acids is 2. The Bertz CT molecular complexity index is 1100. The van der Waals surface area contributed by atoms with Gasteiger partial charge in [-0.3, -0.25) is 9.59 Å². The molecule has 1 aromatic heterocycles. The number of nitrogens with one attached hydrogen (secondary N) is 2. The van der Waals surface area contributed by atoms with E-state index in [1.807, 2.05) is 55.7 Å². The van der Waals surface area contributed by atoms with Crippen LogP contribution in [0.25, 0.3) is 10.9 Å². The van der Waals surface area contributed by atoms with Crippen LogP contribution in [0.15, 0.2) is 54.7 Å². The van der Waals surface area contributed by atoms with E-state index in [-0.39, 0.29) is 23.9 Å². The topological polar surface area (TPSA) is 65.2 Å². The van der Waals surface area contributed by atoms with E-state index >= 15 is 0 Å². The summed E-state index contributed by atoms with van der Waals surface area (Å²) in [5.41, 5.74) is 3.45. The molecular formula is C25H27N3O2. The lowest BCUT2D eigenvalue weighted by Gasteiger charge is -2.40. The standard InChI is InChI=1S/C25H27N3O2/c1-28-23(20-15-26-21-14-8-7-11-17(20)21)22(18-12-5-6-13-19(18)25(28)30)24(29)27-16-9-3-2-4-10-16/h5-8,11-16,22-23,26H,2-4,9-10H2,1H3,(H,27,29). The molecule has 2 unspecified atom stereocenters. The van der Waals surface area contributed by atoms with Crippen LogP contribution < -0.4 is 5.32 Å². The Morgan fingerprint density at radius 2 is 1.73 bits per heavy atom. The molecule has 5 heteroatoms. The molecule has 1 aliphatic carbocycles. The molecule has 1 aliphatic heterocycles. The normalized spacial score (nSPS) is 22.2. The predicted octanol–water partition coefficient (Wildman–Crippen LogP) is 4.53. The van der Waals surface area contributed by atoms with Gasteiger partial charge in [-0.2, -0.15) is 0 Å². The van der Waals surface area contributed by atoms with E-state index in [0.29, 0.717) is 5.56 Å². The summed E-state index contributed by atoms with van der Waals surface area (Å²) in [5, 5.41) is 4.37. The van der Waals surface area contributed by atoms with E-state index < -0.39 is 5.92 Å². The molecule has 5 rings (SSSR count). The minimum atomic E-state index is -0.440. The number of H-pyrrole nitrogens is 1. The zero-order valence-electron chi connectivity index (χ0n) is 17.2. The van der Waals surface area contributed by atoms with Crippen LogP contribution in [0.3, 0.4) is 0 Å². The lowest BCUT2D eigenvalue weighted by molar-refractivity contribution is -0.125. The van der Waals surface area contributed by atoms with Gasteiger partial charge in [-0.1, -0.05) is 55.7 Å². The zero-order chi connectivity index (χ0) is 20.7. The van der Waals surface area contributed by atoms with Crippen molar-refractivity contribution in [1.82, 2.24) is 15.2 Å². The van der Waals surface area contributed by atoms with Gasteiger partial charge in [0, 0.05) is 41.3 Å². The van der Waals surface area contributed by atoms with E-state index in [4.69, 9.17) is 0 Å². The number of hydrogen-bond donors (Lipinski definition) is 2. The van der Waals surface area contributed by atoms with Crippen LogP contribution in [0.5, 0.6) is 0 Å². The summed E-state index contributed by atoms with van der Waals surface area (Å²) >= 11 is 0. The third-order valence-corrected chi connectivity index (χ3v) is 6.75. The fraction of sp³-hybridized carbons (Fsp3) is 0.360. The molecule has 2 amide bonds. The second-order valence-corrected chi connectivity index (χ2v) is 8.56. The summed E-state index contributed by atoms with van der Waals surface area (Å²) in [4.78, 5) is 31.9. The number of carbonyl (C=O) groups is 2. The van der Waals surface area contributed by atoms with Gasteiger partial charge in [0.05, 0.1) is 12.0 Å². The molecule has 154 valence electrons. The quantitative estimate of drug-likeness (QED) is 0.677. The molecule has 3 aromatic rings. The van der Waals surface area contributed by atoms with Crippen molar-refractivity contribution in [2.75, 3.05) is 7.05 Å². The molecule has 2 heterocycles. The number of para-hydroxylation sites is 1. The van der Waals surface area contributed by atoms with Gasteiger partial charge < -0.3 is 15.2 Å². The van der Waals surface area contributed by atoms with Gasteiger partial charge in [-0.25, -0.2) is 0 Å². The highest BCUT2D eigenvalue weighted by Gasteiger charge is 2.43. The van der Waals surface area contributed by atoms with Crippen LogP contribution in [0.4, 0.5) is 0 Å². The lowest BCUT2D eigenvalue weighted by Crippen LogP contribution is -2.48. The first-order valence-corrected chi connectivity index (χ1v) is 10.9. The summed E-state index contributed by atoms with van der Waals surface area (Å²) < 4.78 is 0. The molecule has 2 N–H and O–H groups in total. The van der Waals surface area contributed by atoms with Gasteiger partial charge in [0.1, 0.15) is 0 Å². The summed E-state index contributed by atoms with van der Waals surface area (Å²) in [7, 11) is 1.81. The molecule has 0 saturated heterocycles. The average molecular weight is 402 g/mol. The molecule has 30 heavy (non-hydrogen) atoms. The number of benzene rings is 2. The number of amides is 2. The van der Waals surface area contributed by atoms with E-state index in [2.05, 4.69) is 16.4 Å². The van der Waals surface area contributed by atoms with E-state index in [0.717, 1.165) is 47.7 Å². The van der Waals surface area contributed by atoms with E-state index in [9.17, 15) is 9.59 Å². The molecule has 0 bridgehead atoms. The lowest BCUT2D eigenvalue weighted by atomic mass is 9.79. The van der Waals surface area contributed by atoms with Crippen LogP contribution in [0.2, 0.25) is 0 Å². The minimum absolute atomic E-state index is 0.0176. The summed E-state index contributed by atoms with van der Waals surface area (Å²) in [6, 6.07) is 15.5. The van der Waals surface area contributed by atoms with Crippen molar-refractivity contribution in [3.63, 3.8) is 0 Å². The molecule has 1 saturated carbocycles. The predicted molar refractivity (Wildman–Crippen MR) is 117 cm³/mol. The highest BCUT2D eigenvalue weighted by Crippen LogP contribution is 2.44. The SMILES string of the molecule is CN1C(=O)c2ccccc2C(C(=O)NC2CCCCC2)C1c1c[nH]c2ccccc12. The first kappa shape index (κ1) is 18.9. The summed E-state index contributed by atoms with van der Waals surface area (Å²) in [6.45, 7) is 0. The molecule has 1 fully saturated rings. The number of hydrogen-bond acceptors (Lipinski definition) is 2. The maximum atomic E-state index is 13.7. The highest BCUT2D eigenvalue weighted by molar-refractivity contribution is 6.02. The second kappa shape index (κ2) is 7.63. The van der Waals surface area contributed by atoms with Gasteiger partial charge in [-0.05, 0) is 30.5 Å². The number of aromatic amines is 1. The number of rotatable bonds is 3. The number of fused-ring (bicyclic) bond motifs is 2. The second-order valence-electron chi connectivity index (χ2n) is 8.56. The number of likely N-dealkylation sites (N-methyl/N-ethyl adjacent to an activating group) is 1. The molecule has 2 aromatic carbocycles. The number of nitrogens with zero attached hydrogens (tertiary/aromatic N) is 1. The van der Waals surface area contributed by atoms with Crippen LogP contribution in [-0.2, 0) is 4.79 Å². The van der Waals surface area contributed by atoms with E-state index in [1.54, 1.807) is 4.90 Å². The Labute approximate surface area is 176 Å². The minimum Gasteiger partial charge on any atom is -0.361 e. The molecule has 2 atom stereocenters. The first-order valence-electron chi connectivity index (χ1n) is 10.9. The Hall–Kier alpha value is -3.08. The van der Waals surface area contributed by atoms with Crippen molar-refractivity contribution in [1.29, 1.82) is 0 Å². The van der Waals surface area contributed by atoms with Crippen LogP contribution in [0, 0.1) is 0 Å². The Morgan fingerprint density at radius 1 is 1.00 bits per heavy atom. The van der Waals surface area contributed by atoms with Gasteiger partial charge in [-0.15, -0.1) is 0 Å².